The van der Waals surface area contributed by atoms with E-state index >= 15 is 0 Å². The van der Waals surface area contributed by atoms with Gasteiger partial charge in [-0.05, 0) is 36.1 Å². The van der Waals surface area contributed by atoms with Gasteiger partial charge in [-0.3, -0.25) is 0 Å². The molecule has 1 aromatic rings. The molecule has 1 N–H and O–H groups in total. The molecule has 0 aromatic heterocycles. The number of nitriles is 2. The fourth-order valence-electron chi connectivity index (χ4n) is 1.43. The van der Waals surface area contributed by atoms with Crippen molar-refractivity contribution in [1.82, 2.24) is 0 Å². The van der Waals surface area contributed by atoms with Crippen molar-refractivity contribution in [1.29, 1.82) is 10.5 Å². The van der Waals surface area contributed by atoms with Gasteiger partial charge in [0.2, 0.25) is 0 Å². The zero-order valence-corrected chi connectivity index (χ0v) is 8.40. The van der Waals surface area contributed by atoms with Gasteiger partial charge in [0, 0.05) is 12.8 Å². The molecule has 0 aliphatic carbocycles. The predicted molar refractivity (Wildman–Crippen MR) is 56.0 cm³/mol. The maximum absolute atomic E-state index is 9.43. The first kappa shape index (κ1) is 11.1. The monoisotopic (exact) mass is 200 g/mol. The lowest BCUT2D eigenvalue weighted by Gasteiger charge is -2.03. The summed E-state index contributed by atoms with van der Waals surface area (Å²) in [5, 5.41) is 26.3. The molecular formula is C12H12N2O. The number of rotatable bonds is 4. The van der Waals surface area contributed by atoms with Crippen molar-refractivity contribution in [2.45, 2.75) is 25.7 Å². The quantitative estimate of drug-likeness (QED) is 0.810. The lowest BCUT2D eigenvalue weighted by molar-refractivity contribution is 0.473. The molecule has 0 unspecified atom stereocenters. The van der Waals surface area contributed by atoms with Crippen molar-refractivity contribution in [3.8, 4) is 17.9 Å². The van der Waals surface area contributed by atoms with Crippen molar-refractivity contribution < 1.29 is 5.11 Å². The summed E-state index contributed by atoms with van der Waals surface area (Å²) in [7, 11) is 0. The van der Waals surface area contributed by atoms with Gasteiger partial charge in [0.15, 0.2) is 0 Å². The second-order valence-electron chi connectivity index (χ2n) is 3.32. The Morgan fingerprint density at radius 3 is 1.80 bits per heavy atom. The van der Waals surface area contributed by atoms with E-state index in [-0.39, 0.29) is 5.75 Å². The summed E-state index contributed by atoms with van der Waals surface area (Å²) in [5.74, 6) is 0.207. The fourth-order valence-corrected chi connectivity index (χ4v) is 1.43. The lowest BCUT2D eigenvalue weighted by atomic mass is 10.0. The van der Waals surface area contributed by atoms with Crippen LogP contribution in [-0.4, -0.2) is 5.11 Å². The average molecular weight is 200 g/mol. The smallest absolute Gasteiger partial charge is 0.116 e. The summed E-state index contributed by atoms with van der Waals surface area (Å²) in [6, 6.07) is 9.39. The lowest BCUT2D eigenvalue weighted by Crippen LogP contribution is -1.89. The van der Waals surface area contributed by atoms with Crippen LogP contribution in [-0.2, 0) is 12.8 Å². The third kappa shape index (κ3) is 3.70. The summed E-state index contributed by atoms with van der Waals surface area (Å²) in [6.45, 7) is 0. The van der Waals surface area contributed by atoms with Crippen LogP contribution < -0.4 is 0 Å². The largest absolute Gasteiger partial charge is 0.508 e. The van der Waals surface area contributed by atoms with Crippen LogP contribution in [0.15, 0.2) is 18.2 Å². The fraction of sp³-hybridized carbons (Fsp3) is 0.333. The number of hydrogen-bond donors (Lipinski definition) is 1. The van der Waals surface area contributed by atoms with Crippen molar-refractivity contribution in [3.63, 3.8) is 0 Å². The van der Waals surface area contributed by atoms with Gasteiger partial charge in [-0.15, -0.1) is 0 Å². The highest BCUT2D eigenvalue weighted by Crippen LogP contribution is 2.18. The molecular weight excluding hydrogens is 188 g/mol. The van der Waals surface area contributed by atoms with Crippen molar-refractivity contribution in [3.05, 3.63) is 29.3 Å². The number of aromatic hydroxyl groups is 1. The van der Waals surface area contributed by atoms with Gasteiger partial charge in [0.25, 0.3) is 0 Å². The number of nitrogens with zero attached hydrogens (tertiary/aromatic N) is 2. The van der Waals surface area contributed by atoms with Crippen LogP contribution in [0.1, 0.15) is 24.0 Å². The number of phenolic OH excluding ortho intramolecular Hbond substituents is 1. The van der Waals surface area contributed by atoms with Crippen LogP contribution >= 0.6 is 0 Å². The van der Waals surface area contributed by atoms with Crippen LogP contribution in [0, 0.1) is 22.7 Å². The zero-order chi connectivity index (χ0) is 11.1. The van der Waals surface area contributed by atoms with E-state index in [2.05, 4.69) is 12.1 Å². The summed E-state index contributed by atoms with van der Waals surface area (Å²) in [4.78, 5) is 0. The summed E-state index contributed by atoms with van der Waals surface area (Å²) < 4.78 is 0. The van der Waals surface area contributed by atoms with E-state index in [4.69, 9.17) is 10.5 Å². The molecule has 1 rings (SSSR count). The predicted octanol–water partition coefficient (Wildman–Crippen LogP) is 2.30. The van der Waals surface area contributed by atoms with Gasteiger partial charge in [-0.2, -0.15) is 10.5 Å². The van der Waals surface area contributed by atoms with Gasteiger partial charge < -0.3 is 5.11 Å². The Hall–Kier alpha value is -2.00. The molecule has 1 aromatic carbocycles. The molecule has 0 bridgehead atoms. The Balaban J connectivity index is 2.77. The first-order valence-electron chi connectivity index (χ1n) is 4.82. The zero-order valence-electron chi connectivity index (χ0n) is 8.40. The van der Waals surface area contributed by atoms with Crippen LogP contribution in [0.3, 0.4) is 0 Å². The van der Waals surface area contributed by atoms with E-state index in [1.165, 1.54) is 0 Å². The van der Waals surface area contributed by atoms with Crippen LogP contribution in [0.2, 0.25) is 0 Å². The van der Waals surface area contributed by atoms with Crippen molar-refractivity contribution in [2.24, 2.45) is 0 Å². The molecule has 0 saturated carbocycles. The normalized spacial score (nSPS) is 9.20. The second kappa shape index (κ2) is 5.67. The first-order chi connectivity index (χ1) is 7.26. The number of phenols is 1. The molecule has 76 valence electrons. The van der Waals surface area contributed by atoms with Crippen LogP contribution in [0.25, 0.3) is 0 Å². The summed E-state index contributed by atoms with van der Waals surface area (Å²) in [5.41, 5.74) is 1.90. The number of hydrogen-bond acceptors (Lipinski definition) is 3. The SMILES string of the molecule is N#CCCc1cc(O)cc(CCC#N)c1. The van der Waals surface area contributed by atoms with Gasteiger partial charge in [0.1, 0.15) is 5.75 Å². The van der Waals surface area contributed by atoms with E-state index in [9.17, 15) is 5.11 Å². The molecule has 0 aliphatic heterocycles. The molecule has 0 spiro atoms. The molecule has 3 heteroatoms. The Morgan fingerprint density at radius 2 is 1.40 bits per heavy atom. The number of benzene rings is 1. The van der Waals surface area contributed by atoms with Crippen molar-refractivity contribution >= 4 is 0 Å². The first-order valence-corrected chi connectivity index (χ1v) is 4.82. The Labute approximate surface area is 89.2 Å². The minimum Gasteiger partial charge on any atom is -0.508 e. The average Bonchev–Trinajstić information content (AvgIpc) is 2.23. The minimum absolute atomic E-state index is 0.207. The Morgan fingerprint density at radius 1 is 0.933 bits per heavy atom. The molecule has 0 amide bonds. The molecule has 15 heavy (non-hydrogen) atoms. The molecule has 0 heterocycles. The Kier molecular flexibility index (Phi) is 4.19. The van der Waals surface area contributed by atoms with Crippen LogP contribution in [0.4, 0.5) is 0 Å². The standard InChI is InChI=1S/C12H12N2O/c13-5-1-3-10-7-11(4-2-6-14)9-12(15)8-10/h7-9,15H,1-4H2. The van der Waals surface area contributed by atoms with E-state index in [0.29, 0.717) is 25.7 Å². The molecule has 0 fully saturated rings. The van der Waals surface area contributed by atoms with Crippen LogP contribution in [0.5, 0.6) is 5.75 Å². The second-order valence-corrected chi connectivity index (χ2v) is 3.32. The van der Waals surface area contributed by atoms with Gasteiger partial charge in [-0.1, -0.05) is 6.07 Å². The molecule has 0 radical (unpaired) electrons. The maximum Gasteiger partial charge on any atom is 0.116 e. The van der Waals surface area contributed by atoms with E-state index in [1.54, 1.807) is 12.1 Å². The van der Waals surface area contributed by atoms with Gasteiger partial charge in [0.05, 0.1) is 12.1 Å². The highest BCUT2D eigenvalue weighted by Gasteiger charge is 2.00. The van der Waals surface area contributed by atoms with Gasteiger partial charge in [-0.25, -0.2) is 0 Å². The Bertz CT molecular complexity index is 376. The highest BCUT2D eigenvalue weighted by atomic mass is 16.3. The van der Waals surface area contributed by atoms with Gasteiger partial charge >= 0.3 is 0 Å². The number of aryl methyl sites for hydroxylation is 2. The summed E-state index contributed by atoms with van der Waals surface area (Å²) in [6.07, 6.45) is 2.18. The third-order valence-corrected chi connectivity index (χ3v) is 2.09. The molecule has 0 atom stereocenters. The highest BCUT2D eigenvalue weighted by molar-refractivity contribution is 5.34. The summed E-state index contributed by atoms with van der Waals surface area (Å²) >= 11 is 0. The van der Waals surface area contributed by atoms with E-state index in [1.807, 2.05) is 6.07 Å². The molecule has 3 nitrogen and oxygen atoms in total. The maximum atomic E-state index is 9.43. The van der Waals surface area contributed by atoms with E-state index in [0.717, 1.165) is 11.1 Å². The van der Waals surface area contributed by atoms with E-state index < -0.39 is 0 Å². The van der Waals surface area contributed by atoms with Crippen molar-refractivity contribution in [2.75, 3.05) is 0 Å². The minimum atomic E-state index is 0.207. The molecule has 0 aliphatic rings. The third-order valence-electron chi connectivity index (χ3n) is 2.09. The topological polar surface area (TPSA) is 67.8 Å². The molecule has 0 saturated heterocycles.